The van der Waals surface area contributed by atoms with E-state index in [1.807, 2.05) is 60.4 Å². The molecule has 1 aliphatic rings. The summed E-state index contributed by atoms with van der Waals surface area (Å²) in [5.74, 6) is 0.215. The molecule has 5 nitrogen and oxygen atoms in total. The van der Waals surface area contributed by atoms with Crippen LogP contribution in [0, 0.1) is 0 Å². The lowest BCUT2D eigenvalue weighted by Gasteiger charge is -2.17. The van der Waals surface area contributed by atoms with Gasteiger partial charge in [-0.05, 0) is 42.7 Å². The number of amides is 3. The van der Waals surface area contributed by atoms with Gasteiger partial charge in [0.25, 0.3) is 0 Å². The summed E-state index contributed by atoms with van der Waals surface area (Å²) >= 11 is 3.50. The molecular formula is C20H22BrN3O2. The van der Waals surface area contributed by atoms with E-state index in [0.29, 0.717) is 13.0 Å². The van der Waals surface area contributed by atoms with Gasteiger partial charge in [0.15, 0.2) is 0 Å². The Labute approximate surface area is 161 Å². The number of rotatable bonds is 5. The SMILES string of the molecule is CC(NC(=O)Nc1ccc(CN2CCCC2=O)cc1)c1ccccc1Br. The minimum atomic E-state index is -0.254. The van der Waals surface area contributed by atoms with Crippen molar-refractivity contribution >= 4 is 33.6 Å². The summed E-state index contributed by atoms with van der Waals surface area (Å²) in [6, 6.07) is 15.0. The van der Waals surface area contributed by atoms with Gasteiger partial charge >= 0.3 is 6.03 Å². The summed E-state index contributed by atoms with van der Waals surface area (Å²) < 4.78 is 0.966. The second-order valence-corrected chi connectivity index (χ2v) is 7.31. The Morgan fingerprint density at radius 2 is 1.92 bits per heavy atom. The van der Waals surface area contributed by atoms with E-state index in [1.54, 1.807) is 0 Å². The Kier molecular flexibility index (Phi) is 5.93. The van der Waals surface area contributed by atoms with Crippen LogP contribution in [0.1, 0.15) is 36.9 Å². The Morgan fingerprint density at radius 1 is 1.19 bits per heavy atom. The van der Waals surface area contributed by atoms with Crippen LogP contribution in [0.3, 0.4) is 0 Å². The summed E-state index contributed by atoms with van der Waals surface area (Å²) in [5, 5.41) is 5.78. The number of nitrogens with zero attached hydrogens (tertiary/aromatic N) is 1. The second kappa shape index (κ2) is 8.36. The number of halogens is 1. The van der Waals surface area contributed by atoms with E-state index in [0.717, 1.165) is 34.3 Å². The van der Waals surface area contributed by atoms with Crippen LogP contribution in [0.4, 0.5) is 10.5 Å². The van der Waals surface area contributed by atoms with Crippen LogP contribution >= 0.6 is 15.9 Å². The summed E-state index contributed by atoms with van der Waals surface area (Å²) in [5.41, 5.74) is 2.80. The van der Waals surface area contributed by atoms with E-state index in [4.69, 9.17) is 0 Å². The number of hydrogen-bond donors (Lipinski definition) is 2. The predicted octanol–water partition coefficient (Wildman–Crippen LogP) is 4.45. The van der Waals surface area contributed by atoms with Crippen molar-refractivity contribution < 1.29 is 9.59 Å². The first-order valence-corrected chi connectivity index (χ1v) is 9.51. The molecule has 0 aromatic heterocycles. The molecule has 3 rings (SSSR count). The molecule has 1 unspecified atom stereocenters. The lowest BCUT2D eigenvalue weighted by atomic mass is 10.1. The monoisotopic (exact) mass is 415 g/mol. The highest BCUT2D eigenvalue weighted by atomic mass is 79.9. The first kappa shape index (κ1) is 18.5. The summed E-state index contributed by atoms with van der Waals surface area (Å²) in [6.45, 7) is 3.40. The van der Waals surface area contributed by atoms with Gasteiger partial charge in [0.1, 0.15) is 0 Å². The molecule has 0 saturated carbocycles. The topological polar surface area (TPSA) is 61.4 Å². The summed E-state index contributed by atoms with van der Waals surface area (Å²) in [7, 11) is 0. The summed E-state index contributed by atoms with van der Waals surface area (Å²) in [4.78, 5) is 25.8. The predicted molar refractivity (Wildman–Crippen MR) is 106 cm³/mol. The zero-order valence-electron chi connectivity index (χ0n) is 14.7. The maximum absolute atomic E-state index is 12.2. The maximum atomic E-state index is 12.2. The molecule has 1 saturated heterocycles. The van der Waals surface area contributed by atoms with Gasteiger partial charge in [-0.2, -0.15) is 0 Å². The molecule has 1 heterocycles. The van der Waals surface area contributed by atoms with Crippen molar-refractivity contribution in [2.24, 2.45) is 0 Å². The van der Waals surface area contributed by atoms with Gasteiger partial charge < -0.3 is 15.5 Å². The fourth-order valence-electron chi connectivity index (χ4n) is 3.05. The molecule has 1 aliphatic heterocycles. The number of benzene rings is 2. The second-order valence-electron chi connectivity index (χ2n) is 6.46. The number of hydrogen-bond acceptors (Lipinski definition) is 2. The third-order valence-electron chi connectivity index (χ3n) is 4.48. The van der Waals surface area contributed by atoms with Gasteiger partial charge in [-0.25, -0.2) is 4.79 Å². The molecule has 0 spiro atoms. The van der Waals surface area contributed by atoms with E-state index in [2.05, 4.69) is 26.6 Å². The first-order valence-electron chi connectivity index (χ1n) is 8.71. The quantitative estimate of drug-likeness (QED) is 0.757. The highest BCUT2D eigenvalue weighted by Gasteiger charge is 2.19. The molecule has 0 radical (unpaired) electrons. The summed E-state index contributed by atoms with van der Waals surface area (Å²) in [6.07, 6.45) is 1.59. The molecule has 26 heavy (non-hydrogen) atoms. The molecule has 2 N–H and O–H groups in total. The Hall–Kier alpha value is -2.34. The number of likely N-dealkylation sites (tertiary alicyclic amines) is 1. The number of anilines is 1. The smallest absolute Gasteiger partial charge is 0.319 e. The van der Waals surface area contributed by atoms with Gasteiger partial charge in [-0.15, -0.1) is 0 Å². The molecule has 1 fully saturated rings. The number of carbonyl (C=O) groups is 2. The average Bonchev–Trinajstić information content (AvgIpc) is 3.01. The van der Waals surface area contributed by atoms with E-state index < -0.39 is 0 Å². The van der Waals surface area contributed by atoms with Crippen molar-refractivity contribution in [3.05, 3.63) is 64.1 Å². The van der Waals surface area contributed by atoms with Crippen molar-refractivity contribution in [2.45, 2.75) is 32.4 Å². The number of urea groups is 1. The minimum absolute atomic E-state index is 0.119. The van der Waals surface area contributed by atoms with E-state index >= 15 is 0 Å². The van der Waals surface area contributed by atoms with Crippen LogP contribution in [-0.4, -0.2) is 23.4 Å². The van der Waals surface area contributed by atoms with Crippen LogP contribution in [-0.2, 0) is 11.3 Å². The Morgan fingerprint density at radius 3 is 2.58 bits per heavy atom. The fraction of sp³-hybridized carbons (Fsp3) is 0.300. The third kappa shape index (κ3) is 4.64. The third-order valence-corrected chi connectivity index (χ3v) is 5.20. The maximum Gasteiger partial charge on any atom is 0.319 e. The van der Waals surface area contributed by atoms with Gasteiger partial charge in [-0.1, -0.05) is 46.3 Å². The Balaban J connectivity index is 1.54. The number of carbonyl (C=O) groups excluding carboxylic acids is 2. The molecule has 2 aromatic rings. The molecule has 136 valence electrons. The van der Waals surface area contributed by atoms with Crippen LogP contribution in [0.15, 0.2) is 53.0 Å². The molecule has 2 aromatic carbocycles. The molecule has 1 atom stereocenters. The van der Waals surface area contributed by atoms with Crippen LogP contribution < -0.4 is 10.6 Å². The largest absolute Gasteiger partial charge is 0.338 e. The van der Waals surface area contributed by atoms with Gasteiger partial charge in [0, 0.05) is 29.7 Å². The molecule has 3 amide bonds. The highest BCUT2D eigenvalue weighted by Crippen LogP contribution is 2.23. The minimum Gasteiger partial charge on any atom is -0.338 e. The lowest BCUT2D eigenvalue weighted by Crippen LogP contribution is -2.31. The van der Waals surface area contributed by atoms with Gasteiger partial charge in [0.05, 0.1) is 6.04 Å². The van der Waals surface area contributed by atoms with E-state index in [-0.39, 0.29) is 18.0 Å². The van der Waals surface area contributed by atoms with Crippen LogP contribution in [0.2, 0.25) is 0 Å². The lowest BCUT2D eigenvalue weighted by molar-refractivity contribution is -0.128. The van der Waals surface area contributed by atoms with Crippen LogP contribution in [0.5, 0.6) is 0 Å². The van der Waals surface area contributed by atoms with E-state index in [9.17, 15) is 9.59 Å². The highest BCUT2D eigenvalue weighted by molar-refractivity contribution is 9.10. The fourth-order valence-corrected chi connectivity index (χ4v) is 3.68. The molecule has 6 heteroatoms. The number of nitrogens with one attached hydrogen (secondary N) is 2. The Bertz CT molecular complexity index is 792. The zero-order valence-corrected chi connectivity index (χ0v) is 16.3. The molecule has 0 aliphatic carbocycles. The van der Waals surface area contributed by atoms with Crippen molar-refractivity contribution in [3.63, 3.8) is 0 Å². The van der Waals surface area contributed by atoms with Crippen molar-refractivity contribution in [3.8, 4) is 0 Å². The first-order chi connectivity index (χ1) is 12.5. The van der Waals surface area contributed by atoms with Crippen molar-refractivity contribution in [2.75, 3.05) is 11.9 Å². The standard InChI is InChI=1S/C20H22BrN3O2/c1-14(17-5-2-3-6-18(17)21)22-20(26)23-16-10-8-15(9-11-16)13-24-12-4-7-19(24)25/h2-3,5-6,8-11,14H,4,7,12-13H2,1H3,(H2,22,23,26). The molecule has 0 bridgehead atoms. The van der Waals surface area contributed by atoms with Crippen LogP contribution in [0.25, 0.3) is 0 Å². The normalized spacial score (nSPS) is 15.0. The van der Waals surface area contributed by atoms with Crippen molar-refractivity contribution in [1.82, 2.24) is 10.2 Å². The van der Waals surface area contributed by atoms with Gasteiger partial charge in [-0.3, -0.25) is 4.79 Å². The van der Waals surface area contributed by atoms with Crippen molar-refractivity contribution in [1.29, 1.82) is 0 Å². The zero-order chi connectivity index (χ0) is 18.5. The molecular weight excluding hydrogens is 394 g/mol. The van der Waals surface area contributed by atoms with Gasteiger partial charge in [0.2, 0.25) is 5.91 Å². The van der Waals surface area contributed by atoms with E-state index in [1.165, 1.54) is 0 Å². The average molecular weight is 416 g/mol.